The summed E-state index contributed by atoms with van der Waals surface area (Å²) in [7, 11) is 0. The molecule has 1 N–H and O–H groups in total. The average molecular weight is 230 g/mol. The van der Waals surface area contributed by atoms with Gasteiger partial charge in [-0.1, -0.05) is 19.1 Å². The van der Waals surface area contributed by atoms with Crippen molar-refractivity contribution >= 4 is 0 Å². The van der Waals surface area contributed by atoms with Crippen LogP contribution in [0.5, 0.6) is 0 Å². The Balaban J connectivity index is 2.22. The Kier molecular flexibility index (Phi) is 2.70. The molecule has 1 aliphatic carbocycles. The quantitative estimate of drug-likeness (QED) is 0.825. The number of aliphatic hydroxyl groups excluding tert-OH is 1. The van der Waals surface area contributed by atoms with E-state index in [0.29, 0.717) is 11.5 Å². The molecule has 0 heterocycles. The minimum atomic E-state index is -4.34. The largest absolute Gasteiger partial charge is 0.416 e. The lowest BCUT2D eigenvalue weighted by atomic mass is 10.0. The monoisotopic (exact) mass is 230 g/mol. The van der Waals surface area contributed by atoms with Crippen molar-refractivity contribution in [2.45, 2.75) is 25.6 Å². The van der Waals surface area contributed by atoms with Crippen molar-refractivity contribution in [1.29, 1.82) is 0 Å². The molecule has 0 aromatic heterocycles. The highest BCUT2D eigenvalue weighted by molar-refractivity contribution is 5.28. The molecular formula is C12H13F3O. The summed E-state index contributed by atoms with van der Waals surface area (Å²) >= 11 is 0. The topological polar surface area (TPSA) is 20.2 Å². The first-order valence-electron chi connectivity index (χ1n) is 5.25. The first kappa shape index (κ1) is 11.5. The van der Waals surface area contributed by atoms with E-state index in [9.17, 15) is 18.3 Å². The summed E-state index contributed by atoms with van der Waals surface area (Å²) in [5.41, 5.74) is -0.332. The van der Waals surface area contributed by atoms with Crippen molar-refractivity contribution in [3.63, 3.8) is 0 Å². The third kappa shape index (κ3) is 2.21. The van der Waals surface area contributed by atoms with Gasteiger partial charge in [-0.2, -0.15) is 13.2 Å². The smallest absolute Gasteiger partial charge is 0.388 e. The molecule has 0 aliphatic heterocycles. The van der Waals surface area contributed by atoms with Crippen molar-refractivity contribution in [2.24, 2.45) is 11.8 Å². The number of hydrogen-bond donors (Lipinski definition) is 1. The van der Waals surface area contributed by atoms with Gasteiger partial charge in [-0.3, -0.25) is 0 Å². The Labute approximate surface area is 91.9 Å². The Bertz CT molecular complexity index is 386. The summed E-state index contributed by atoms with van der Waals surface area (Å²) in [5.74, 6) is 0.521. The second-order valence-corrected chi connectivity index (χ2v) is 4.44. The van der Waals surface area contributed by atoms with E-state index in [-0.39, 0.29) is 5.92 Å². The zero-order valence-corrected chi connectivity index (χ0v) is 8.83. The van der Waals surface area contributed by atoms with Gasteiger partial charge in [0.25, 0.3) is 0 Å². The summed E-state index contributed by atoms with van der Waals surface area (Å²) in [6.07, 6.45) is -4.22. The molecular weight excluding hydrogens is 217 g/mol. The molecule has 1 aromatic carbocycles. The van der Waals surface area contributed by atoms with Gasteiger partial charge in [-0.25, -0.2) is 0 Å². The summed E-state index contributed by atoms with van der Waals surface area (Å²) in [4.78, 5) is 0. The van der Waals surface area contributed by atoms with Crippen LogP contribution in [0.4, 0.5) is 13.2 Å². The van der Waals surface area contributed by atoms with Gasteiger partial charge in [0.1, 0.15) is 0 Å². The van der Waals surface area contributed by atoms with Crippen LogP contribution in [-0.2, 0) is 6.18 Å². The van der Waals surface area contributed by atoms with Crippen molar-refractivity contribution < 1.29 is 18.3 Å². The highest BCUT2D eigenvalue weighted by Crippen LogP contribution is 2.47. The van der Waals surface area contributed by atoms with Crippen LogP contribution in [0.15, 0.2) is 24.3 Å². The van der Waals surface area contributed by atoms with E-state index in [1.807, 2.05) is 6.92 Å². The zero-order chi connectivity index (χ0) is 11.9. The first-order chi connectivity index (χ1) is 7.39. The van der Waals surface area contributed by atoms with Crippen molar-refractivity contribution in [3.8, 4) is 0 Å². The Morgan fingerprint density at radius 1 is 1.38 bits per heavy atom. The van der Waals surface area contributed by atoms with Crippen LogP contribution in [-0.4, -0.2) is 5.11 Å². The van der Waals surface area contributed by atoms with Crippen LogP contribution in [0.3, 0.4) is 0 Å². The van der Waals surface area contributed by atoms with Gasteiger partial charge < -0.3 is 5.11 Å². The SMILES string of the molecule is CC1CC1C(O)c1cccc(C(F)(F)F)c1. The number of alkyl halides is 3. The summed E-state index contributed by atoms with van der Waals surface area (Å²) in [5, 5.41) is 9.85. The summed E-state index contributed by atoms with van der Waals surface area (Å²) < 4.78 is 37.3. The molecule has 1 saturated carbocycles. The fourth-order valence-corrected chi connectivity index (χ4v) is 1.94. The third-order valence-electron chi connectivity index (χ3n) is 3.13. The molecule has 4 heteroatoms. The molecule has 0 amide bonds. The van der Waals surface area contributed by atoms with E-state index < -0.39 is 17.8 Å². The predicted molar refractivity (Wildman–Crippen MR) is 53.7 cm³/mol. The first-order valence-corrected chi connectivity index (χ1v) is 5.25. The van der Waals surface area contributed by atoms with Crippen LogP contribution < -0.4 is 0 Å². The maximum absolute atomic E-state index is 12.4. The third-order valence-corrected chi connectivity index (χ3v) is 3.13. The highest BCUT2D eigenvalue weighted by atomic mass is 19.4. The molecule has 0 saturated heterocycles. The molecule has 0 spiro atoms. The molecule has 0 radical (unpaired) electrons. The molecule has 1 aliphatic rings. The summed E-state index contributed by atoms with van der Waals surface area (Å²) in [6, 6.07) is 4.95. The van der Waals surface area contributed by atoms with Crippen LogP contribution in [0.2, 0.25) is 0 Å². The predicted octanol–water partition coefficient (Wildman–Crippen LogP) is 3.39. The number of rotatable bonds is 2. The van der Waals surface area contributed by atoms with Crippen LogP contribution in [0.1, 0.15) is 30.6 Å². The molecule has 1 aromatic rings. The van der Waals surface area contributed by atoms with Crippen molar-refractivity contribution in [2.75, 3.05) is 0 Å². The van der Waals surface area contributed by atoms with E-state index in [2.05, 4.69) is 0 Å². The number of aliphatic hydroxyl groups is 1. The molecule has 1 nitrogen and oxygen atoms in total. The normalized spacial score (nSPS) is 26.6. The van der Waals surface area contributed by atoms with E-state index >= 15 is 0 Å². The second-order valence-electron chi connectivity index (χ2n) is 4.44. The maximum Gasteiger partial charge on any atom is 0.416 e. The van der Waals surface area contributed by atoms with Gasteiger partial charge >= 0.3 is 6.18 Å². The van der Waals surface area contributed by atoms with Crippen LogP contribution in [0, 0.1) is 11.8 Å². The van der Waals surface area contributed by atoms with Crippen molar-refractivity contribution in [3.05, 3.63) is 35.4 Å². The Morgan fingerprint density at radius 3 is 2.50 bits per heavy atom. The maximum atomic E-state index is 12.4. The highest BCUT2D eigenvalue weighted by Gasteiger charge is 2.40. The van der Waals surface area contributed by atoms with Gasteiger partial charge in [0.2, 0.25) is 0 Å². The lowest BCUT2D eigenvalue weighted by molar-refractivity contribution is -0.137. The molecule has 88 valence electrons. The molecule has 1 fully saturated rings. The van der Waals surface area contributed by atoms with E-state index in [0.717, 1.165) is 18.6 Å². The Morgan fingerprint density at radius 2 is 2.00 bits per heavy atom. The van der Waals surface area contributed by atoms with Gasteiger partial charge in [0, 0.05) is 0 Å². The average Bonchev–Trinajstić information content (AvgIpc) is 2.93. The van der Waals surface area contributed by atoms with E-state index in [4.69, 9.17) is 0 Å². The lowest BCUT2D eigenvalue weighted by Crippen LogP contribution is -2.07. The number of halogens is 3. The minimum absolute atomic E-state index is 0.114. The van der Waals surface area contributed by atoms with E-state index in [1.165, 1.54) is 6.07 Å². The van der Waals surface area contributed by atoms with E-state index in [1.54, 1.807) is 6.07 Å². The molecule has 16 heavy (non-hydrogen) atoms. The van der Waals surface area contributed by atoms with Gasteiger partial charge in [0.15, 0.2) is 0 Å². The van der Waals surface area contributed by atoms with Gasteiger partial charge in [-0.05, 0) is 36.0 Å². The second kappa shape index (κ2) is 3.77. The van der Waals surface area contributed by atoms with Crippen molar-refractivity contribution in [1.82, 2.24) is 0 Å². The molecule has 3 unspecified atom stereocenters. The van der Waals surface area contributed by atoms with Crippen LogP contribution >= 0.6 is 0 Å². The van der Waals surface area contributed by atoms with Gasteiger partial charge in [0.05, 0.1) is 11.7 Å². The molecule has 0 bridgehead atoms. The number of benzene rings is 1. The fraction of sp³-hybridized carbons (Fsp3) is 0.500. The standard InChI is InChI=1S/C12H13F3O/c1-7-5-10(7)11(16)8-3-2-4-9(6-8)12(13,14)15/h2-4,6-7,10-11,16H,5H2,1H3. The minimum Gasteiger partial charge on any atom is -0.388 e. The lowest BCUT2D eigenvalue weighted by Gasteiger charge is -2.13. The summed E-state index contributed by atoms with van der Waals surface area (Å²) in [6.45, 7) is 1.99. The number of hydrogen-bond acceptors (Lipinski definition) is 1. The van der Waals surface area contributed by atoms with Crippen LogP contribution in [0.25, 0.3) is 0 Å². The van der Waals surface area contributed by atoms with Gasteiger partial charge in [-0.15, -0.1) is 0 Å². The Hall–Kier alpha value is -1.03. The zero-order valence-electron chi connectivity index (χ0n) is 8.83. The molecule has 2 rings (SSSR count). The molecule has 3 atom stereocenters. The fourth-order valence-electron chi connectivity index (χ4n) is 1.94.